The summed E-state index contributed by atoms with van der Waals surface area (Å²) in [6.45, 7) is 0.767. The van der Waals surface area contributed by atoms with Gasteiger partial charge in [0.15, 0.2) is 11.6 Å². The normalized spacial score (nSPS) is 32.8. The van der Waals surface area contributed by atoms with Gasteiger partial charge in [0.05, 0.1) is 0 Å². The van der Waals surface area contributed by atoms with Crippen LogP contribution in [0, 0.1) is 5.92 Å². The van der Waals surface area contributed by atoms with Crippen molar-refractivity contribution in [2.24, 2.45) is 5.92 Å². The number of ketones is 2. The summed E-state index contributed by atoms with van der Waals surface area (Å²) in [4.78, 5) is 25.5. The van der Waals surface area contributed by atoms with Crippen LogP contribution in [0.3, 0.4) is 0 Å². The Balaban J connectivity index is 1.85. The van der Waals surface area contributed by atoms with E-state index in [1.54, 1.807) is 0 Å². The maximum atomic E-state index is 12.8. The number of carbonyl (C=O) groups is 2. The van der Waals surface area contributed by atoms with Crippen molar-refractivity contribution in [2.75, 3.05) is 6.54 Å². The minimum atomic E-state index is -0.904. The smallest absolute Gasteiger partial charge is 0.190 e. The molecule has 2 fully saturated rings. The second kappa shape index (κ2) is 3.76. The van der Waals surface area contributed by atoms with E-state index in [-0.39, 0.29) is 17.5 Å². The van der Waals surface area contributed by atoms with Crippen LogP contribution >= 0.6 is 0 Å². The van der Waals surface area contributed by atoms with Crippen molar-refractivity contribution in [3.63, 3.8) is 0 Å². The molecular weight excluding hydrogens is 238 g/mol. The molecule has 1 aliphatic heterocycles. The number of benzene rings is 1. The molecular formula is C16H17NO2. The van der Waals surface area contributed by atoms with Crippen LogP contribution in [0.15, 0.2) is 24.3 Å². The lowest BCUT2D eigenvalue weighted by Gasteiger charge is -2.44. The largest absolute Gasteiger partial charge is 0.298 e. The molecule has 2 unspecified atom stereocenters. The summed E-state index contributed by atoms with van der Waals surface area (Å²) >= 11 is 0. The SMILES string of the molecule is O=C1c2ccccc2C2CCNC1(C(=O)C1CC1)C2. The Morgan fingerprint density at radius 2 is 2.00 bits per heavy atom. The van der Waals surface area contributed by atoms with Gasteiger partial charge in [0, 0.05) is 11.5 Å². The van der Waals surface area contributed by atoms with Gasteiger partial charge < -0.3 is 0 Å². The molecule has 1 aromatic carbocycles. The first-order chi connectivity index (χ1) is 9.22. The van der Waals surface area contributed by atoms with Crippen LogP contribution < -0.4 is 5.32 Å². The number of fused-ring (bicyclic) bond motifs is 4. The number of piperidine rings is 1. The van der Waals surface area contributed by atoms with Gasteiger partial charge in [-0.3, -0.25) is 14.9 Å². The number of hydrogen-bond donors (Lipinski definition) is 1. The predicted molar refractivity (Wildman–Crippen MR) is 71.2 cm³/mol. The Morgan fingerprint density at radius 1 is 1.21 bits per heavy atom. The fourth-order valence-corrected chi connectivity index (χ4v) is 3.73. The van der Waals surface area contributed by atoms with E-state index in [1.165, 1.54) is 0 Å². The van der Waals surface area contributed by atoms with Crippen LogP contribution in [0.2, 0.25) is 0 Å². The zero-order valence-electron chi connectivity index (χ0n) is 10.8. The summed E-state index contributed by atoms with van der Waals surface area (Å²) < 4.78 is 0. The molecule has 3 nitrogen and oxygen atoms in total. The highest BCUT2D eigenvalue weighted by Crippen LogP contribution is 2.45. The Labute approximate surface area is 112 Å². The number of nitrogens with one attached hydrogen (secondary N) is 1. The highest BCUT2D eigenvalue weighted by Gasteiger charge is 2.56. The van der Waals surface area contributed by atoms with Gasteiger partial charge in [0.2, 0.25) is 0 Å². The molecule has 1 heterocycles. The summed E-state index contributed by atoms with van der Waals surface area (Å²) in [5.74, 6) is 0.644. The van der Waals surface area contributed by atoms with E-state index in [0.29, 0.717) is 12.3 Å². The van der Waals surface area contributed by atoms with Gasteiger partial charge in [-0.15, -0.1) is 0 Å². The first-order valence-corrected chi connectivity index (χ1v) is 7.15. The van der Waals surface area contributed by atoms with E-state index >= 15 is 0 Å². The zero-order chi connectivity index (χ0) is 13.0. The molecule has 3 aliphatic rings. The molecule has 2 atom stereocenters. The van der Waals surface area contributed by atoms with Gasteiger partial charge in [0.1, 0.15) is 5.54 Å². The van der Waals surface area contributed by atoms with Gasteiger partial charge in [-0.05, 0) is 43.7 Å². The number of rotatable bonds is 2. The van der Waals surface area contributed by atoms with Gasteiger partial charge in [0.25, 0.3) is 0 Å². The molecule has 3 heteroatoms. The molecule has 2 bridgehead atoms. The van der Waals surface area contributed by atoms with E-state index in [9.17, 15) is 9.59 Å². The Morgan fingerprint density at radius 3 is 2.79 bits per heavy atom. The highest BCUT2D eigenvalue weighted by atomic mass is 16.2. The lowest BCUT2D eigenvalue weighted by atomic mass is 9.65. The van der Waals surface area contributed by atoms with Crippen LogP contribution in [0.5, 0.6) is 0 Å². The summed E-state index contributed by atoms with van der Waals surface area (Å²) in [6.07, 6.45) is 3.60. The molecule has 98 valence electrons. The third kappa shape index (κ3) is 1.48. The van der Waals surface area contributed by atoms with E-state index in [0.717, 1.165) is 36.9 Å². The topological polar surface area (TPSA) is 46.2 Å². The summed E-state index contributed by atoms with van der Waals surface area (Å²) in [7, 11) is 0. The van der Waals surface area contributed by atoms with Crippen molar-refractivity contribution in [1.82, 2.24) is 5.32 Å². The van der Waals surface area contributed by atoms with Crippen molar-refractivity contribution in [3.8, 4) is 0 Å². The quantitative estimate of drug-likeness (QED) is 0.823. The van der Waals surface area contributed by atoms with Crippen LogP contribution in [0.25, 0.3) is 0 Å². The first kappa shape index (κ1) is 11.4. The average molecular weight is 255 g/mol. The predicted octanol–water partition coefficient (Wildman–Crippen LogP) is 2.07. The Hall–Kier alpha value is -1.48. The van der Waals surface area contributed by atoms with Gasteiger partial charge in [-0.2, -0.15) is 0 Å². The molecule has 1 aromatic rings. The third-order valence-electron chi connectivity index (χ3n) is 4.87. The van der Waals surface area contributed by atoms with Crippen LogP contribution in [-0.2, 0) is 4.79 Å². The average Bonchev–Trinajstić information content (AvgIpc) is 3.29. The standard InChI is InChI=1S/C16H17NO2/c18-14(10-5-6-10)16-9-11(7-8-17-16)12-3-1-2-4-13(12)15(16)19/h1-4,10-11,17H,5-9H2. The molecule has 0 amide bonds. The second-order valence-corrected chi connectivity index (χ2v) is 6.08. The summed E-state index contributed by atoms with van der Waals surface area (Å²) in [6, 6.07) is 7.82. The van der Waals surface area contributed by atoms with Gasteiger partial charge in [-0.1, -0.05) is 24.3 Å². The number of hydrogen-bond acceptors (Lipinski definition) is 3. The van der Waals surface area contributed by atoms with E-state index < -0.39 is 5.54 Å². The molecule has 4 rings (SSSR count). The Kier molecular flexibility index (Phi) is 2.25. The summed E-state index contributed by atoms with van der Waals surface area (Å²) in [5, 5.41) is 3.28. The highest BCUT2D eigenvalue weighted by molar-refractivity contribution is 6.21. The van der Waals surface area contributed by atoms with Crippen molar-refractivity contribution in [3.05, 3.63) is 35.4 Å². The lowest BCUT2D eigenvalue weighted by Crippen LogP contribution is -2.64. The van der Waals surface area contributed by atoms with Gasteiger partial charge >= 0.3 is 0 Å². The molecule has 0 radical (unpaired) electrons. The van der Waals surface area contributed by atoms with Gasteiger partial charge in [-0.25, -0.2) is 0 Å². The van der Waals surface area contributed by atoms with Crippen molar-refractivity contribution >= 4 is 11.6 Å². The number of Topliss-reactive ketones (excluding diaryl/α,β-unsaturated/α-hetero) is 2. The molecule has 0 spiro atoms. The minimum Gasteiger partial charge on any atom is -0.298 e. The molecule has 1 saturated heterocycles. The van der Waals surface area contributed by atoms with Crippen LogP contribution in [-0.4, -0.2) is 23.7 Å². The van der Waals surface area contributed by atoms with Crippen molar-refractivity contribution < 1.29 is 9.59 Å². The number of carbonyl (C=O) groups excluding carboxylic acids is 2. The molecule has 1 N–H and O–H groups in total. The van der Waals surface area contributed by atoms with Crippen molar-refractivity contribution in [2.45, 2.75) is 37.1 Å². The molecule has 19 heavy (non-hydrogen) atoms. The van der Waals surface area contributed by atoms with Crippen LogP contribution in [0.4, 0.5) is 0 Å². The molecule has 0 aromatic heterocycles. The Bertz CT molecular complexity index is 576. The van der Waals surface area contributed by atoms with E-state index in [1.807, 2.05) is 18.2 Å². The summed E-state index contributed by atoms with van der Waals surface area (Å²) in [5.41, 5.74) is 1.01. The maximum absolute atomic E-state index is 12.8. The van der Waals surface area contributed by atoms with Crippen molar-refractivity contribution in [1.29, 1.82) is 0 Å². The monoisotopic (exact) mass is 255 g/mol. The maximum Gasteiger partial charge on any atom is 0.190 e. The van der Waals surface area contributed by atoms with E-state index in [2.05, 4.69) is 11.4 Å². The second-order valence-electron chi connectivity index (χ2n) is 6.08. The molecule has 2 aliphatic carbocycles. The first-order valence-electron chi connectivity index (χ1n) is 7.15. The fraction of sp³-hybridized carbons (Fsp3) is 0.500. The molecule has 1 saturated carbocycles. The zero-order valence-corrected chi connectivity index (χ0v) is 10.8. The van der Waals surface area contributed by atoms with Crippen LogP contribution in [0.1, 0.15) is 47.5 Å². The minimum absolute atomic E-state index is 0.0101. The fourth-order valence-electron chi connectivity index (χ4n) is 3.73. The van der Waals surface area contributed by atoms with E-state index in [4.69, 9.17) is 0 Å². The third-order valence-corrected chi connectivity index (χ3v) is 4.87. The lowest BCUT2D eigenvalue weighted by molar-refractivity contribution is -0.126.